The number of nitrogens with zero attached hydrogens (tertiary/aromatic N) is 4. The molecule has 0 radical (unpaired) electrons. The molecule has 136 valence electrons. The zero-order chi connectivity index (χ0) is 17.8. The fourth-order valence-corrected chi connectivity index (χ4v) is 3.05. The van der Waals surface area contributed by atoms with Crippen molar-refractivity contribution in [3.05, 3.63) is 41.7 Å². The van der Waals surface area contributed by atoms with Gasteiger partial charge in [0.1, 0.15) is 17.9 Å². The summed E-state index contributed by atoms with van der Waals surface area (Å²) in [6, 6.07) is 8.26. The Labute approximate surface area is 155 Å². The van der Waals surface area contributed by atoms with E-state index in [1.54, 1.807) is 0 Å². The molecule has 0 fully saturated rings. The van der Waals surface area contributed by atoms with Crippen LogP contribution < -0.4 is 4.74 Å². The van der Waals surface area contributed by atoms with Crippen LogP contribution in [0.25, 0.3) is 0 Å². The first kappa shape index (κ1) is 18.1. The summed E-state index contributed by atoms with van der Waals surface area (Å²) in [7, 11) is 3.88. The smallest absolute Gasteiger partial charge is 0.119 e. The van der Waals surface area contributed by atoms with Gasteiger partial charge in [-0.15, -0.1) is 11.6 Å². The third kappa shape index (κ3) is 4.89. The van der Waals surface area contributed by atoms with Crippen molar-refractivity contribution in [3.63, 3.8) is 0 Å². The number of likely N-dealkylation sites (N-methyl/N-ethyl adjacent to an activating group) is 1. The largest absolute Gasteiger partial charge is 0.491 e. The van der Waals surface area contributed by atoms with Gasteiger partial charge in [-0.05, 0) is 37.7 Å². The highest BCUT2D eigenvalue weighted by Crippen LogP contribution is 2.22. The molecule has 2 heterocycles. The van der Waals surface area contributed by atoms with E-state index in [0.29, 0.717) is 12.5 Å². The van der Waals surface area contributed by atoms with Crippen molar-refractivity contribution in [3.8, 4) is 5.75 Å². The van der Waals surface area contributed by atoms with E-state index in [2.05, 4.69) is 40.0 Å². The van der Waals surface area contributed by atoms with Gasteiger partial charge in [0.05, 0.1) is 12.4 Å². The first-order valence-electron chi connectivity index (χ1n) is 8.74. The molecule has 2 unspecified atom stereocenters. The molecule has 0 N–H and O–H groups in total. The van der Waals surface area contributed by atoms with Crippen LogP contribution >= 0.6 is 11.6 Å². The summed E-state index contributed by atoms with van der Waals surface area (Å²) in [5, 5.41) is 0. The minimum absolute atomic E-state index is 0.124. The highest BCUT2D eigenvalue weighted by molar-refractivity contribution is 6.20. The molecule has 1 aromatic rings. The summed E-state index contributed by atoms with van der Waals surface area (Å²) < 4.78 is 5.73. The Kier molecular flexibility index (Phi) is 5.86. The van der Waals surface area contributed by atoms with E-state index >= 15 is 0 Å². The molecule has 0 bridgehead atoms. The Balaban J connectivity index is 1.54. The predicted molar refractivity (Wildman–Crippen MR) is 103 cm³/mol. The Morgan fingerprint density at radius 2 is 2.08 bits per heavy atom. The van der Waals surface area contributed by atoms with Crippen LogP contribution in [0.4, 0.5) is 0 Å². The van der Waals surface area contributed by atoms with Gasteiger partial charge in [0, 0.05) is 32.0 Å². The van der Waals surface area contributed by atoms with Crippen LogP contribution in [0.15, 0.2) is 41.2 Å². The molecule has 0 amide bonds. The number of hydrogen-bond acceptors (Lipinski definition) is 5. The van der Waals surface area contributed by atoms with E-state index in [-0.39, 0.29) is 5.50 Å². The van der Waals surface area contributed by atoms with Crippen LogP contribution in [0, 0.1) is 5.92 Å². The zero-order valence-electron chi connectivity index (χ0n) is 15.2. The molecule has 0 aromatic heterocycles. The number of allylic oxidation sites excluding steroid dienone is 1. The van der Waals surface area contributed by atoms with Crippen LogP contribution in [-0.4, -0.2) is 66.9 Å². The summed E-state index contributed by atoms with van der Waals surface area (Å²) in [5.41, 5.74) is 2.37. The molecule has 3 rings (SSSR count). The van der Waals surface area contributed by atoms with Crippen molar-refractivity contribution in [1.82, 2.24) is 14.7 Å². The predicted octanol–water partition coefficient (Wildman–Crippen LogP) is 2.83. The highest BCUT2D eigenvalue weighted by atomic mass is 35.5. The van der Waals surface area contributed by atoms with Gasteiger partial charge in [-0.25, -0.2) is 0 Å². The molecule has 6 heteroatoms. The Morgan fingerprint density at radius 3 is 2.80 bits per heavy atom. The molecule has 0 saturated heterocycles. The Morgan fingerprint density at radius 1 is 1.32 bits per heavy atom. The average Bonchev–Trinajstić information content (AvgIpc) is 2.86. The van der Waals surface area contributed by atoms with Crippen LogP contribution in [0.3, 0.4) is 0 Å². The van der Waals surface area contributed by atoms with Crippen molar-refractivity contribution in [2.45, 2.75) is 19.0 Å². The minimum atomic E-state index is -0.124. The van der Waals surface area contributed by atoms with E-state index in [9.17, 15) is 0 Å². The minimum Gasteiger partial charge on any atom is -0.491 e. The highest BCUT2D eigenvalue weighted by Gasteiger charge is 2.23. The van der Waals surface area contributed by atoms with Gasteiger partial charge in [0.2, 0.25) is 0 Å². The molecule has 2 aliphatic heterocycles. The van der Waals surface area contributed by atoms with Crippen molar-refractivity contribution in [2.24, 2.45) is 10.9 Å². The van der Waals surface area contributed by atoms with Crippen LogP contribution in [0.5, 0.6) is 5.75 Å². The van der Waals surface area contributed by atoms with Gasteiger partial charge in [-0.2, -0.15) is 0 Å². The van der Waals surface area contributed by atoms with Crippen LogP contribution in [0.2, 0.25) is 0 Å². The van der Waals surface area contributed by atoms with Crippen molar-refractivity contribution in [1.29, 1.82) is 0 Å². The number of benzene rings is 1. The molecule has 25 heavy (non-hydrogen) atoms. The third-order valence-electron chi connectivity index (χ3n) is 4.46. The average molecular weight is 363 g/mol. The lowest BCUT2D eigenvalue weighted by Crippen LogP contribution is -2.30. The molecule has 0 saturated carbocycles. The van der Waals surface area contributed by atoms with Crippen molar-refractivity contribution >= 4 is 17.8 Å². The van der Waals surface area contributed by atoms with E-state index in [1.165, 1.54) is 11.3 Å². The summed E-state index contributed by atoms with van der Waals surface area (Å²) in [6.07, 6.45) is 4.22. The molecule has 2 aliphatic rings. The fourth-order valence-electron chi connectivity index (χ4n) is 2.98. The lowest BCUT2D eigenvalue weighted by molar-refractivity contribution is 0.235. The number of alkyl halides is 1. The van der Waals surface area contributed by atoms with Gasteiger partial charge in [0.15, 0.2) is 0 Å². The number of fused-ring (bicyclic) bond motifs is 1. The molecule has 5 nitrogen and oxygen atoms in total. The summed E-state index contributed by atoms with van der Waals surface area (Å²) in [4.78, 5) is 11.2. The molecular weight excluding hydrogens is 336 g/mol. The normalized spacial score (nSPS) is 21.2. The van der Waals surface area contributed by atoms with E-state index in [0.717, 1.165) is 32.1 Å². The monoisotopic (exact) mass is 362 g/mol. The maximum Gasteiger partial charge on any atom is 0.119 e. The number of hydrogen-bond donors (Lipinski definition) is 0. The number of ether oxygens (including phenoxy) is 1. The Bertz CT molecular complexity index is 629. The van der Waals surface area contributed by atoms with Crippen LogP contribution in [-0.2, 0) is 6.54 Å². The summed E-state index contributed by atoms with van der Waals surface area (Å²) in [5.74, 6) is 1.46. The van der Waals surface area contributed by atoms with Crippen molar-refractivity contribution in [2.75, 3.05) is 40.5 Å². The van der Waals surface area contributed by atoms with Crippen molar-refractivity contribution < 1.29 is 4.74 Å². The van der Waals surface area contributed by atoms with E-state index in [1.807, 2.05) is 37.3 Å². The molecule has 0 aliphatic carbocycles. The fraction of sp³-hybridized carbons (Fsp3) is 0.526. The quantitative estimate of drug-likeness (QED) is 0.575. The number of aliphatic imine (C=N–C) groups is 1. The second-order valence-electron chi connectivity index (χ2n) is 7.12. The number of rotatable bonds is 6. The second kappa shape index (κ2) is 8.11. The summed E-state index contributed by atoms with van der Waals surface area (Å²) >= 11 is 6.16. The van der Waals surface area contributed by atoms with Crippen LogP contribution in [0.1, 0.15) is 12.5 Å². The first-order chi connectivity index (χ1) is 12.0. The maximum absolute atomic E-state index is 6.16. The Hall–Kier alpha value is -1.72. The maximum atomic E-state index is 6.16. The molecule has 2 atom stereocenters. The third-order valence-corrected chi connectivity index (χ3v) is 4.98. The topological polar surface area (TPSA) is 31.3 Å². The van der Waals surface area contributed by atoms with Gasteiger partial charge in [0.25, 0.3) is 0 Å². The SMILES string of the molecule is CC1CN=CC2=CN(Cc3ccc(OCC(Cl)N(C)C)cc3)CN2C1. The van der Waals surface area contributed by atoms with Gasteiger partial charge < -0.3 is 14.5 Å². The molecule has 0 spiro atoms. The molecule has 1 aromatic carbocycles. The number of halogens is 1. The van der Waals surface area contributed by atoms with E-state index < -0.39 is 0 Å². The van der Waals surface area contributed by atoms with Gasteiger partial charge in [-0.3, -0.25) is 9.89 Å². The van der Waals surface area contributed by atoms with Gasteiger partial charge >= 0.3 is 0 Å². The van der Waals surface area contributed by atoms with E-state index in [4.69, 9.17) is 16.3 Å². The lowest BCUT2D eigenvalue weighted by Gasteiger charge is -2.24. The van der Waals surface area contributed by atoms with Gasteiger partial charge in [-0.1, -0.05) is 19.1 Å². The second-order valence-corrected chi connectivity index (χ2v) is 7.62. The first-order valence-corrected chi connectivity index (χ1v) is 9.18. The molecular formula is C19H27ClN4O. The lowest BCUT2D eigenvalue weighted by atomic mass is 10.2. The zero-order valence-corrected chi connectivity index (χ0v) is 16.0. The standard InChI is InChI=1S/C19H27ClN4O/c1-15-8-21-9-17-12-23(14-24(17)10-15)11-16-4-6-18(7-5-16)25-13-19(20)22(2)3/h4-7,9,12,15,19H,8,10-11,13-14H2,1-3H3. The summed E-state index contributed by atoms with van der Waals surface area (Å²) in [6.45, 7) is 6.54.